The van der Waals surface area contributed by atoms with Gasteiger partial charge in [-0.15, -0.1) is 0 Å². The minimum absolute atomic E-state index is 0.556. The molecule has 3 N–H and O–H groups in total. The largest absolute Gasteiger partial charge is 0.384 e. The van der Waals surface area contributed by atoms with Crippen molar-refractivity contribution < 1.29 is 0 Å². The quantitative estimate of drug-likeness (QED) is 0.774. The van der Waals surface area contributed by atoms with Crippen LogP contribution in [0.4, 0.5) is 5.82 Å². The molecular weight excluding hydrogens is 198 g/mol. The van der Waals surface area contributed by atoms with Crippen LogP contribution in [0.2, 0.25) is 0 Å². The van der Waals surface area contributed by atoms with Crippen molar-refractivity contribution in [2.45, 2.75) is 39.7 Å². The van der Waals surface area contributed by atoms with Gasteiger partial charge in [0, 0.05) is 12.2 Å². The Morgan fingerprint density at radius 1 is 1.31 bits per heavy atom. The van der Waals surface area contributed by atoms with Crippen LogP contribution in [0.25, 0.3) is 0 Å². The van der Waals surface area contributed by atoms with Gasteiger partial charge < -0.3 is 11.1 Å². The van der Waals surface area contributed by atoms with Crippen LogP contribution >= 0.6 is 0 Å². The first kappa shape index (κ1) is 13.0. The van der Waals surface area contributed by atoms with Crippen LogP contribution in [0, 0.1) is 5.92 Å². The van der Waals surface area contributed by atoms with Crippen LogP contribution in [-0.4, -0.2) is 17.6 Å². The molecule has 0 radical (unpaired) electrons. The lowest BCUT2D eigenvalue weighted by molar-refractivity contribution is 0.464. The second-order valence-corrected chi connectivity index (χ2v) is 4.83. The highest BCUT2D eigenvalue weighted by atomic mass is 14.9. The second-order valence-electron chi connectivity index (χ2n) is 4.83. The fourth-order valence-electron chi connectivity index (χ4n) is 1.51. The molecule has 1 rings (SSSR count). The molecular formula is C13H23N3. The third-order valence-corrected chi connectivity index (χ3v) is 2.59. The van der Waals surface area contributed by atoms with Crippen molar-refractivity contribution >= 4 is 5.82 Å². The molecule has 0 aliphatic carbocycles. The van der Waals surface area contributed by atoms with Crippen molar-refractivity contribution in [3.05, 3.63) is 23.9 Å². The molecule has 0 saturated heterocycles. The zero-order valence-corrected chi connectivity index (χ0v) is 10.5. The minimum Gasteiger partial charge on any atom is -0.384 e. The highest BCUT2D eigenvalue weighted by Crippen LogP contribution is 2.06. The Bertz CT molecular complexity index is 293. The smallest absolute Gasteiger partial charge is 0.123 e. The molecule has 3 nitrogen and oxygen atoms in total. The molecule has 0 saturated carbocycles. The van der Waals surface area contributed by atoms with E-state index in [0.717, 1.165) is 19.4 Å². The van der Waals surface area contributed by atoms with E-state index in [1.54, 1.807) is 0 Å². The molecule has 0 aliphatic rings. The molecule has 0 bridgehead atoms. The summed E-state index contributed by atoms with van der Waals surface area (Å²) in [5.74, 6) is 1.30. The molecule has 0 fully saturated rings. The van der Waals surface area contributed by atoms with Crippen molar-refractivity contribution in [1.82, 2.24) is 10.3 Å². The average molecular weight is 221 g/mol. The maximum atomic E-state index is 5.54. The molecule has 16 heavy (non-hydrogen) atoms. The third kappa shape index (κ3) is 5.12. The minimum atomic E-state index is 0.556. The van der Waals surface area contributed by atoms with E-state index in [1.807, 2.05) is 12.3 Å². The van der Waals surface area contributed by atoms with E-state index in [9.17, 15) is 0 Å². The van der Waals surface area contributed by atoms with Crippen molar-refractivity contribution in [2.75, 3.05) is 12.3 Å². The third-order valence-electron chi connectivity index (χ3n) is 2.59. The van der Waals surface area contributed by atoms with E-state index in [1.165, 1.54) is 5.56 Å². The number of rotatable bonds is 6. The summed E-state index contributed by atoms with van der Waals surface area (Å²) in [6, 6.07) is 4.47. The molecule has 1 heterocycles. The van der Waals surface area contributed by atoms with E-state index in [-0.39, 0.29) is 0 Å². The molecule has 0 spiro atoms. The highest BCUT2D eigenvalue weighted by Gasteiger charge is 2.03. The van der Waals surface area contributed by atoms with Crippen LogP contribution < -0.4 is 11.1 Å². The van der Waals surface area contributed by atoms with Gasteiger partial charge >= 0.3 is 0 Å². The first-order valence-corrected chi connectivity index (χ1v) is 6.01. The second kappa shape index (κ2) is 6.48. The highest BCUT2D eigenvalue weighted by molar-refractivity contribution is 5.29. The average Bonchev–Trinajstić information content (AvgIpc) is 2.25. The summed E-state index contributed by atoms with van der Waals surface area (Å²) >= 11 is 0. The Balaban J connectivity index is 2.26. The number of nitrogens with two attached hydrogens (primary N) is 1. The van der Waals surface area contributed by atoms with Crippen LogP contribution in [0.15, 0.2) is 18.3 Å². The molecule has 1 aromatic heterocycles. The van der Waals surface area contributed by atoms with E-state index in [2.05, 4.69) is 37.1 Å². The topological polar surface area (TPSA) is 50.9 Å². The first-order valence-electron chi connectivity index (χ1n) is 6.01. The normalized spacial score (nSPS) is 13.0. The number of anilines is 1. The predicted octanol–water partition coefficient (Wildman–Crippen LogP) is 2.23. The molecule has 90 valence electrons. The monoisotopic (exact) mass is 221 g/mol. The maximum Gasteiger partial charge on any atom is 0.123 e. The van der Waals surface area contributed by atoms with Gasteiger partial charge in [-0.2, -0.15) is 0 Å². The van der Waals surface area contributed by atoms with E-state index in [4.69, 9.17) is 5.73 Å². The standard InChI is InChI=1S/C13H23N3/c1-10(2)8-15-11(3)4-5-12-6-7-13(14)16-9-12/h6-7,9-11,15H,4-5,8H2,1-3H3,(H2,14,16). The number of hydrogen-bond donors (Lipinski definition) is 2. The van der Waals surface area contributed by atoms with Crippen molar-refractivity contribution in [2.24, 2.45) is 5.92 Å². The zero-order valence-electron chi connectivity index (χ0n) is 10.5. The first-order chi connectivity index (χ1) is 7.58. The van der Waals surface area contributed by atoms with Gasteiger partial charge in [0.1, 0.15) is 5.82 Å². The summed E-state index contributed by atoms with van der Waals surface area (Å²) in [4.78, 5) is 4.09. The zero-order chi connectivity index (χ0) is 12.0. The van der Waals surface area contributed by atoms with Crippen molar-refractivity contribution in [3.63, 3.8) is 0 Å². The van der Waals surface area contributed by atoms with Gasteiger partial charge in [-0.1, -0.05) is 19.9 Å². The number of aryl methyl sites for hydroxylation is 1. The predicted molar refractivity (Wildman–Crippen MR) is 69.3 cm³/mol. The summed E-state index contributed by atoms with van der Waals surface area (Å²) in [5, 5.41) is 3.52. The molecule has 0 aromatic carbocycles. The van der Waals surface area contributed by atoms with Gasteiger partial charge in [0.15, 0.2) is 0 Å². The summed E-state index contributed by atoms with van der Waals surface area (Å²) in [6.45, 7) is 7.77. The Morgan fingerprint density at radius 2 is 2.06 bits per heavy atom. The van der Waals surface area contributed by atoms with Gasteiger partial charge in [-0.25, -0.2) is 4.98 Å². The lowest BCUT2D eigenvalue weighted by Gasteiger charge is -2.15. The number of nitrogens with one attached hydrogen (secondary N) is 1. The fraction of sp³-hybridized carbons (Fsp3) is 0.615. The summed E-state index contributed by atoms with van der Waals surface area (Å²) < 4.78 is 0. The van der Waals surface area contributed by atoms with Gasteiger partial charge in [0.05, 0.1) is 0 Å². The van der Waals surface area contributed by atoms with Gasteiger partial charge in [-0.3, -0.25) is 0 Å². The van der Waals surface area contributed by atoms with E-state index < -0.39 is 0 Å². The Hall–Kier alpha value is -1.09. The Labute approximate surface area is 98.5 Å². The van der Waals surface area contributed by atoms with Gasteiger partial charge in [-0.05, 0) is 43.9 Å². The fourth-order valence-corrected chi connectivity index (χ4v) is 1.51. The summed E-state index contributed by atoms with van der Waals surface area (Å²) in [5.41, 5.74) is 6.80. The molecule has 3 heteroatoms. The van der Waals surface area contributed by atoms with Crippen molar-refractivity contribution in [3.8, 4) is 0 Å². The molecule has 1 unspecified atom stereocenters. The van der Waals surface area contributed by atoms with Crippen LogP contribution in [0.3, 0.4) is 0 Å². The molecule has 1 aromatic rings. The SMILES string of the molecule is CC(C)CNC(C)CCc1ccc(N)nc1. The number of nitrogen functional groups attached to an aromatic ring is 1. The lowest BCUT2D eigenvalue weighted by Crippen LogP contribution is -2.29. The Kier molecular flexibility index (Phi) is 5.26. The molecule has 0 amide bonds. The van der Waals surface area contributed by atoms with Crippen molar-refractivity contribution in [1.29, 1.82) is 0 Å². The number of nitrogens with zero attached hydrogens (tertiary/aromatic N) is 1. The number of hydrogen-bond acceptors (Lipinski definition) is 3. The van der Waals surface area contributed by atoms with Gasteiger partial charge in [0.25, 0.3) is 0 Å². The number of aromatic nitrogens is 1. The molecule has 1 atom stereocenters. The summed E-state index contributed by atoms with van der Waals surface area (Å²) in [7, 11) is 0. The van der Waals surface area contributed by atoms with Crippen LogP contribution in [-0.2, 0) is 6.42 Å². The van der Waals surface area contributed by atoms with Crippen LogP contribution in [0.5, 0.6) is 0 Å². The van der Waals surface area contributed by atoms with Crippen LogP contribution in [0.1, 0.15) is 32.8 Å². The molecule has 0 aliphatic heterocycles. The van der Waals surface area contributed by atoms with E-state index in [0.29, 0.717) is 17.8 Å². The number of pyridine rings is 1. The Morgan fingerprint density at radius 3 is 2.62 bits per heavy atom. The summed E-state index contributed by atoms with van der Waals surface area (Å²) in [6.07, 6.45) is 4.06. The van der Waals surface area contributed by atoms with Gasteiger partial charge in [0.2, 0.25) is 0 Å². The van der Waals surface area contributed by atoms with E-state index >= 15 is 0 Å². The maximum absolute atomic E-state index is 5.54. The lowest BCUT2D eigenvalue weighted by atomic mass is 10.1.